The standard InChI is InChI=1S/C29H32ClNO6S/c1-2-35-27(28(32)33)21-22-9-13-24(14-10-22)36-19-18-31(17-6-20-38-26-7-4-3-5-8-26)29(34)37-25-15-11-23(30)12-16-25/h3-5,7-16,27H,2,6,17-21H2,1H3,(H,32,33). The Morgan fingerprint density at radius 2 is 1.63 bits per heavy atom. The number of hydrogen-bond donors (Lipinski definition) is 1. The Labute approximate surface area is 232 Å². The van der Waals surface area contributed by atoms with Crippen LogP contribution >= 0.6 is 23.4 Å². The van der Waals surface area contributed by atoms with Gasteiger partial charge in [0.05, 0.1) is 6.54 Å². The van der Waals surface area contributed by atoms with Gasteiger partial charge in [-0.15, -0.1) is 11.8 Å². The van der Waals surface area contributed by atoms with Gasteiger partial charge in [0.15, 0.2) is 6.10 Å². The summed E-state index contributed by atoms with van der Waals surface area (Å²) in [6.45, 7) is 3.24. The molecule has 0 saturated heterocycles. The first-order chi connectivity index (χ1) is 18.4. The largest absolute Gasteiger partial charge is 0.492 e. The van der Waals surface area contributed by atoms with E-state index in [1.807, 2.05) is 30.3 Å². The van der Waals surface area contributed by atoms with Gasteiger partial charge in [0.25, 0.3) is 0 Å². The lowest BCUT2D eigenvalue weighted by Crippen LogP contribution is -2.37. The second-order valence-electron chi connectivity index (χ2n) is 8.30. The van der Waals surface area contributed by atoms with Crippen LogP contribution in [-0.2, 0) is 16.0 Å². The quantitative estimate of drug-likeness (QED) is 0.170. The van der Waals surface area contributed by atoms with Crippen molar-refractivity contribution in [2.75, 3.05) is 32.1 Å². The fourth-order valence-electron chi connectivity index (χ4n) is 3.55. The summed E-state index contributed by atoms with van der Waals surface area (Å²) in [6, 6.07) is 24.0. The average Bonchev–Trinajstić information content (AvgIpc) is 2.92. The molecule has 0 spiro atoms. The number of aliphatic carboxylic acids is 1. The van der Waals surface area contributed by atoms with E-state index in [0.29, 0.717) is 36.2 Å². The number of hydrogen-bond acceptors (Lipinski definition) is 6. The molecule has 0 aliphatic rings. The molecule has 0 aromatic heterocycles. The van der Waals surface area contributed by atoms with Crippen molar-refractivity contribution in [2.45, 2.75) is 30.8 Å². The Morgan fingerprint density at radius 1 is 0.947 bits per heavy atom. The third kappa shape index (κ3) is 10.3. The van der Waals surface area contributed by atoms with Gasteiger partial charge in [-0.05, 0) is 73.2 Å². The van der Waals surface area contributed by atoms with Crippen molar-refractivity contribution in [3.05, 3.63) is 89.4 Å². The molecule has 38 heavy (non-hydrogen) atoms. The molecular formula is C29H32ClNO6S. The maximum absolute atomic E-state index is 12.9. The molecule has 1 amide bonds. The molecule has 1 unspecified atom stereocenters. The number of ether oxygens (including phenoxy) is 3. The van der Waals surface area contributed by atoms with Gasteiger partial charge in [0.2, 0.25) is 0 Å². The van der Waals surface area contributed by atoms with Gasteiger partial charge in [-0.2, -0.15) is 0 Å². The molecule has 3 aromatic carbocycles. The molecule has 0 aliphatic carbocycles. The molecule has 3 rings (SSSR count). The lowest BCUT2D eigenvalue weighted by molar-refractivity contribution is -0.149. The van der Waals surface area contributed by atoms with Crippen molar-refractivity contribution >= 4 is 35.4 Å². The first kappa shape index (κ1) is 29.4. The normalized spacial score (nSPS) is 11.5. The highest BCUT2D eigenvalue weighted by molar-refractivity contribution is 7.99. The lowest BCUT2D eigenvalue weighted by Gasteiger charge is -2.22. The van der Waals surface area contributed by atoms with E-state index in [0.717, 1.165) is 17.7 Å². The van der Waals surface area contributed by atoms with Gasteiger partial charge in [-0.1, -0.05) is 41.9 Å². The van der Waals surface area contributed by atoms with Crippen molar-refractivity contribution in [2.24, 2.45) is 0 Å². The Bertz CT molecular complexity index is 1130. The zero-order chi connectivity index (χ0) is 27.2. The van der Waals surface area contributed by atoms with Gasteiger partial charge in [-0.25, -0.2) is 9.59 Å². The van der Waals surface area contributed by atoms with E-state index in [2.05, 4.69) is 12.1 Å². The molecule has 1 atom stereocenters. The molecule has 0 radical (unpaired) electrons. The van der Waals surface area contributed by atoms with Crippen LogP contribution in [0.5, 0.6) is 11.5 Å². The first-order valence-electron chi connectivity index (χ1n) is 12.4. The summed E-state index contributed by atoms with van der Waals surface area (Å²) in [5.41, 5.74) is 0.835. The molecule has 202 valence electrons. The first-order valence-corrected chi connectivity index (χ1v) is 13.8. The second-order valence-corrected chi connectivity index (χ2v) is 9.91. The number of amides is 1. The highest BCUT2D eigenvalue weighted by Gasteiger charge is 2.18. The molecule has 0 aliphatic heterocycles. The smallest absolute Gasteiger partial charge is 0.415 e. The molecule has 0 saturated carbocycles. The zero-order valence-corrected chi connectivity index (χ0v) is 22.8. The van der Waals surface area contributed by atoms with Crippen molar-refractivity contribution in [1.29, 1.82) is 0 Å². The van der Waals surface area contributed by atoms with Crippen LogP contribution in [0.3, 0.4) is 0 Å². The van der Waals surface area contributed by atoms with Crippen LogP contribution in [0.4, 0.5) is 4.79 Å². The Hall–Kier alpha value is -3.20. The summed E-state index contributed by atoms with van der Waals surface area (Å²) in [4.78, 5) is 27.0. The maximum Gasteiger partial charge on any atom is 0.415 e. The summed E-state index contributed by atoms with van der Waals surface area (Å²) in [6.07, 6.45) is -0.276. The van der Waals surface area contributed by atoms with Crippen LogP contribution in [0, 0.1) is 0 Å². The highest BCUT2D eigenvalue weighted by atomic mass is 35.5. The number of halogens is 1. The number of rotatable bonds is 15. The van der Waals surface area contributed by atoms with E-state index in [-0.39, 0.29) is 13.0 Å². The van der Waals surface area contributed by atoms with E-state index >= 15 is 0 Å². The number of benzene rings is 3. The van der Waals surface area contributed by atoms with Crippen molar-refractivity contribution in [1.82, 2.24) is 4.90 Å². The van der Waals surface area contributed by atoms with E-state index in [4.69, 9.17) is 25.8 Å². The van der Waals surface area contributed by atoms with E-state index in [1.54, 1.807) is 60.0 Å². The minimum atomic E-state index is -0.986. The van der Waals surface area contributed by atoms with Crippen LogP contribution < -0.4 is 9.47 Å². The molecule has 9 heteroatoms. The second kappa shape index (κ2) is 15.9. The number of carboxylic acid groups (broad SMARTS) is 1. The molecule has 0 fully saturated rings. The van der Waals surface area contributed by atoms with Crippen molar-refractivity contribution in [3.63, 3.8) is 0 Å². The lowest BCUT2D eigenvalue weighted by atomic mass is 10.1. The SMILES string of the molecule is CCOC(Cc1ccc(OCCN(CCCSc2ccccc2)C(=O)Oc2ccc(Cl)cc2)cc1)C(=O)O. The third-order valence-electron chi connectivity index (χ3n) is 5.48. The summed E-state index contributed by atoms with van der Waals surface area (Å²) < 4.78 is 16.7. The molecule has 3 aromatic rings. The Kier molecular flexibility index (Phi) is 12.3. The number of carbonyl (C=O) groups excluding carboxylic acids is 1. The monoisotopic (exact) mass is 557 g/mol. The predicted molar refractivity (Wildman–Crippen MR) is 150 cm³/mol. The van der Waals surface area contributed by atoms with E-state index in [1.165, 1.54) is 4.90 Å². The van der Waals surface area contributed by atoms with Gasteiger partial charge in [-0.3, -0.25) is 0 Å². The summed E-state index contributed by atoms with van der Waals surface area (Å²) in [7, 11) is 0. The van der Waals surface area contributed by atoms with Gasteiger partial charge in [0, 0.05) is 29.5 Å². The van der Waals surface area contributed by atoms with Gasteiger partial charge in [0.1, 0.15) is 18.1 Å². The highest BCUT2D eigenvalue weighted by Crippen LogP contribution is 2.20. The number of thioether (sulfide) groups is 1. The average molecular weight is 558 g/mol. The molecular weight excluding hydrogens is 526 g/mol. The Balaban J connectivity index is 1.53. The predicted octanol–water partition coefficient (Wildman–Crippen LogP) is 6.43. The number of carboxylic acids is 1. The fourth-order valence-corrected chi connectivity index (χ4v) is 4.54. The van der Waals surface area contributed by atoms with E-state index in [9.17, 15) is 14.7 Å². The number of nitrogens with zero attached hydrogens (tertiary/aromatic N) is 1. The molecule has 7 nitrogen and oxygen atoms in total. The summed E-state index contributed by atoms with van der Waals surface area (Å²) in [5, 5.41) is 9.84. The number of carbonyl (C=O) groups is 2. The topological polar surface area (TPSA) is 85.3 Å². The van der Waals surface area contributed by atoms with Crippen LogP contribution in [-0.4, -0.2) is 60.2 Å². The minimum absolute atomic E-state index is 0.273. The maximum atomic E-state index is 12.9. The van der Waals surface area contributed by atoms with Crippen LogP contribution in [0.2, 0.25) is 5.02 Å². The molecule has 0 bridgehead atoms. The van der Waals surface area contributed by atoms with E-state index < -0.39 is 18.2 Å². The van der Waals surface area contributed by atoms with Crippen LogP contribution in [0.1, 0.15) is 18.9 Å². The summed E-state index contributed by atoms with van der Waals surface area (Å²) in [5.74, 6) is 0.921. The van der Waals surface area contributed by atoms with Crippen molar-refractivity contribution in [3.8, 4) is 11.5 Å². The third-order valence-corrected chi connectivity index (χ3v) is 6.83. The van der Waals surface area contributed by atoms with Gasteiger partial charge >= 0.3 is 12.1 Å². The fraction of sp³-hybridized carbons (Fsp3) is 0.310. The molecule has 0 heterocycles. The Morgan fingerprint density at radius 3 is 2.29 bits per heavy atom. The minimum Gasteiger partial charge on any atom is -0.492 e. The van der Waals surface area contributed by atoms with Gasteiger partial charge < -0.3 is 24.2 Å². The summed E-state index contributed by atoms with van der Waals surface area (Å²) >= 11 is 7.67. The van der Waals surface area contributed by atoms with Crippen LogP contribution in [0.15, 0.2) is 83.8 Å². The zero-order valence-electron chi connectivity index (χ0n) is 21.3. The van der Waals surface area contributed by atoms with Crippen molar-refractivity contribution < 1.29 is 28.9 Å². The molecule has 1 N–H and O–H groups in total. The van der Waals surface area contributed by atoms with Crippen LogP contribution in [0.25, 0.3) is 0 Å².